The van der Waals surface area contributed by atoms with E-state index in [1.54, 1.807) is 5.48 Å². The SMILES string of the molecule is C[C@@H](NC(=O)C1(C)CCCCC1)C1CC=C(C(=O)NO)S1. The number of carbonyl (C=O) groups is 2. The lowest BCUT2D eigenvalue weighted by Gasteiger charge is -2.34. The average molecular weight is 312 g/mol. The van der Waals surface area contributed by atoms with Gasteiger partial charge in [0, 0.05) is 16.7 Å². The van der Waals surface area contributed by atoms with E-state index in [0.717, 1.165) is 32.1 Å². The maximum Gasteiger partial charge on any atom is 0.280 e. The van der Waals surface area contributed by atoms with Crippen molar-refractivity contribution in [3.8, 4) is 0 Å². The number of amides is 2. The van der Waals surface area contributed by atoms with Crippen LogP contribution in [0.25, 0.3) is 0 Å². The summed E-state index contributed by atoms with van der Waals surface area (Å²) in [7, 11) is 0. The van der Waals surface area contributed by atoms with E-state index in [4.69, 9.17) is 5.21 Å². The van der Waals surface area contributed by atoms with Gasteiger partial charge in [-0.3, -0.25) is 14.8 Å². The molecule has 0 bridgehead atoms. The first-order valence-corrected chi connectivity index (χ1v) is 8.46. The summed E-state index contributed by atoms with van der Waals surface area (Å²) in [5.41, 5.74) is 1.41. The zero-order chi connectivity index (χ0) is 15.5. The first-order chi connectivity index (χ1) is 9.96. The molecule has 0 aromatic carbocycles. The molecular formula is C15H24N2O3S. The molecule has 21 heavy (non-hydrogen) atoms. The molecular weight excluding hydrogens is 288 g/mol. The van der Waals surface area contributed by atoms with Crippen LogP contribution in [-0.4, -0.2) is 28.3 Å². The molecule has 0 spiro atoms. The molecule has 2 atom stereocenters. The fourth-order valence-corrected chi connectivity index (χ4v) is 4.16. The zero-order valence-electron chi connectivity index (χ0n) is 12.6. The number of allylic oxidation sites excluding steroid dienone is 1. The van der Waals surface area contributed by atoms with Crippen LogP contribution in [0.2, 0.25) is 0 Å². The van der Waals surface area contributed by atoms with Crippen molar-refractivity contribution in [2.75, 3.05) is 0 Å². The molecule has 1 unspecified atom stereocenters. The Bertz CT molecular complexity index is 444. The van der Waals surface area contributed by atoms with Gasteiger partial charge in [-0.05, 0) is 26.2 Å². The first kappa shape index (κ1) is 16.4. The van der Waals surface area contributed by atoms with Crippen molar-refractivity contribution in [2.24, 2.45) is 5.41 Å². The number of thioether (sulfide) groups is 1. The van der Waals surface area contributed by atoms with E-state index in [0.29, 0.717) is 4.91 Å². The zero-order valence-corrected chi connectivity index (χ0v) is 13.5. The van der Waals surface area contributed by atoms with E-state index < -0.39 is 5.91 Å². The van der Waals surface area contributed by atoms with Gasteiger partial charge in [0.1, 0.15) is 0 Å². The number of hydrogen-bond acceptors (Lipinski definition) is 4. The van der Waals surface area contributed by atoms with Gasteiger partial charge in [0.05, 0.1) is 4.91 Å². The van der Waals surface area contributed by atoms with E-state index in [9.17, 15) is 9.59 Å². The van der Waals surface area contributed by atoms with Crippen LogP contribution in [0.1, 0.15) is 52.4 Å². The van der Waals surface area contributed by atoms with E-state index in [2.05, 4.69) is 12.2 Å². The maximum atomic E-state index is 12.5. The van der Waals surface area contributed by atoms with Crippen LogP contribution in [0.4, 0.5) is 0 Å². The van der Waals surface area contributed by atoms with E-state index in [1.807, 2.05) is 13.0 Å². The molecule has 0 radical (unpaired) electrons. The summed E-state index contributed by atoms with van der Waals surface area (Å²) in [5.74, 6) is -0.337. The lowest BCUT2D eigenvalue weighted by atomic mass is 9.75. The Balaban J connectivity index is 1.86. The van der Waals surface area contributed by atoms with Crippen molar-refractivity contribution in [3.05, 3.63) is 11.0 Å². The molecule has 5 nitrogen and oxygen atoms in total. The van der Waals surface area contributed by atoms with Crippen molar-refractivity contribution >= 4 is 23.6 Å². The highest BCUT2D eigenvalue weighted by atomic mass is 32.2. The highest BCUT2D eigenvalue weighted by Crippen LogP contribution is 2.37. The third-order valence-corrected chi connectivity index (χ3v) is 6.07. The number of rotatable bonds is 4. The molecule has 1 saturated carbocycles. The summed E-state index contributed by atoms with van der Waals surface area (Å²) < 4.78 is 0. The van der Waals surface area contributed by atoms with Crippen LogP contribution in [-0.2, 0) is 9.59 Å². The summed E-state index contributed by atoms with van der Waals surface area (Å²) in [4.78, 5) is 24.4. The smallest absolute Gasteiger partial charge is 0.280 e. The van der Waals surface area contributed by atoms with Gasteiger partial charge in [-0.1, -0.05) is 32.3 Å². The molecule has 3 N–H and O–H groups in total. The molecule has 1 heterocycles. The molecule has 0 saturated heterocycles. The van der Waals surface area contributed by atoms with Crippen molar-refractivity contribution in [3.63, 3.8) is 0 Å². The molecule has 1 fully saturated rings. The summed E-state index contributed by atoms with van der Waals surface area (Å²) in [6.45, 7) is 4.04. The largest absolute Gasteiger partial charge is 0.352 e. The van der Waals surface area contributed by atoms with Crippen LogP contribution in [0.3, 0.4) is 0 Å². The van der Waals surface area contributed by atoms with Crippen molar-refractivity contribution in [1.82, 2.24) is 10.8 Å². The van der Waals surface area contributed by atoms with E-state index in [-0.39, 0.29) is 22.6 Å². The highest BCUT2D eigenvalue weighted by molar-refractivity contribution is 8.04. The Labute approximate surface area is 129 Å². The summed E-state index contributed by atoms with van der Waals surface area (Å²) in [6.07, 6.45) is 7.93. The minimum absolute atomic E-state index is 0.00138. The predicted molar refractivity (Wildman–Crippen MR) is 82.8 cm³/mol. The molecule has 6 heteroatoms. The standard InChI is InChI=1S/C15H24N2O3S/c1-10(11-6-7-12(21-11)13(18)17-20)16-14(19)15(2)8-4-3-5-9-15/h7,10-11,20H,3-6,8-9H2,1-2H3,(H,16,19)(H,17,18)/t10-,11?/m1/s1. The maximum absolute atomic E-state index is 12.5. The fraction of sp³-hybridized carbons (Fsp3) is 0.733. The third kappa shape index (κ3) is 3.80. The Morgan fingerprint density at radius 2 is 2.05 bits per heavy atom. The van der Waals surface area contributed by atoms with Crippen molar-refractivity contribution in [1.29, 1.82) is 0 Å². The Morgan fingerprint density at radius 1 is 1.38 bits per heavy atom. The molecule has 0 aromatic heterocycles. The van der Waals surface area contributed by atoms with Gasteiger partial charge >= 0.3 is 0 Å². The predicted octanol–water partition coefficient (Wildman–Crippen LogP) is 2.36. The Morgan fingerprint density at radius 3 is 2.67 bits per heavy atom. The number of carbonyl (C=O) groups excluding carboxylic acids is 2. The molecule has 2 rings (SSSR count). The van der Waals surface area contributed by atoms with Crippen LogP contribution >= 0.6 is 11.8 Å². The minimum Gasteiger partial charge on any atom is -0.352 e. The van der Waals surface area contributed by atoms with E-state index >= 15 is 0 Å². The minimum atomic E-state index is -0.472. The van der Waals surface area contributed by atoms with Gasteiger partial charge in [0.2, 0.25) is 5.91 Å². The molecule has 2 aliphatic rings. The number of nitrogens with one attached hydrogen (secondary N) is 2. The van der Waals surface area contributed by atoms with Gasteiger partial charge in [-0.2, -0.15) is 0 Å². The number of hydrogen-bond donors (Lipinski definition) is 3. The Kier molecular flexibility index (Phi) is 5.32. The molecule has 118 valence electrons. The first-order valence-electron chi connectivity index (χ1n) is 7.58. The second-order valence-corrected chi connectivity index (χ2v) is 7.57. The second-order valence-electron chi connectivity index (χ2n) is 6.28. The van der Waals surface area contributed by atoms with Crippen LogP contribution in [0.5, 0.6) is 0 Å². The molecule has 1 aliphatic heterocycles. The second kappa shape index (κ2) is 6.83. The van der Waals surface area contributed by atoms with Gasteiger partial charge < -0.3 is 5.32 Å². The summed E-state index contributed by atoms with van der Waals surface area (Å²) in [5, 5.41) is 11.9. The quantitative estimate of drug-likeness (QED) is 0.550. The molecule has 0 aromatic rings. The fourth-order valence-electron chi connectivity index (χ4n) is 3.02. The van der Waals surface area contributed by atoms with Crippen LogP contribution in [0.15, 0.2) is 11.0 Å². The normalized spacial score (nSPS) is 25.9. The summed E-state index contributed by atoms with van der Waals surface area (Å²) >= 11 is 1.41. The van der Waals surface area contributed by atoms with Crippen LogP contribution in [0, 0.1) is 5.41 Å². The van der Waals surface area contributed by atoms with Gasteiger partial charge in [0.15, 0.2) is 0 Å². The highest BCUT2D eigenvalue weighted by Gasteiger charge is 2.36. The lowest BCUT2D eigenvalue weighted by Crippen LogP contribution is -2.47. The Hall–Kier alpha value is -1.01. The van der Waals surface area contributed by atoms with Gasteiger partial charge in [-0.25, -0.2) is 5.48 Å². The van der Waals surface area contributed by atoms with Crippen molar-refractivity contribution in [2.45, 2.75) is 63.7 Å². The lowest BCUT2D eigenvalue weighted by molar-refractivity contribution is -0.132. The van der Waals surface area contributed by atoms with Gasteiger partial charge in [0.25, 0.3) is 5.91 Å². The molecule has 1 aliphatic carbocycles. The average Bonchev–Trinajstić information content (AvgIpc) is 2.97. The summed E-state index contributed by atoms with van der Waals surface area (Å²) in [6, 6.07) is 0.00138. The third-order valence-electron chi connectivity index (χ3n) is 4.56. The topological polar surface area (TPSA) is 78.4 Å². The number of hydroxylamine groups is 1. The van der Waals surface area contributed by atoms with Crippen molar-refractivity contribution < 1.29 is 14.8 Å². The van der Waals surface area contributed by atoms with Gasteiger partial charge in [-0.15, -0.1) is 11.8 Å². The van der Waals surface area contributed by atoms with Crippen LogP contribution < -0.4 is 10.8 Å². The van der Waals surface area contributed by atoms with E-state index in [1.165, 1.54) is 18.2 Å². The monoisotopic (exact) mass is 312 g/mol. The molecule has 2 amide bonds.